The lowest BCUT2D eigenvalue weighted by atomic mass is 10.2. The molecule has 0 saturated carbocycles. The first-order chi connectivity index (χ1) is 10.1. The van der Waals surface area contributed by atoms with Gasteiger partial charge in [-0.2, -0.15) is 0 Å². The van der Waals surface area contributed by atoms with Crippen molar-refractivity contribution >= 4 is 26.8 Å². The van der Waals surface area contributed by atoms with Crippen LogP contribution in [-0.2, 0) is 13.0 Å². The summed E-state index contributed by atoms with van der Waals surface area (Å²) in [4.78, 5) is 20.4. The largest absolute Gasteiger partial charge is 0.298 e. The van der Waals surface area contributed by atoms with Gasteiger partial charge in [0.25, 0.3) is 5.56 Å². The standard InChI is InChI=1S/C15H11BrFN3O/c16-11-7-12-14(13(17)8-11)19-9-20(15(12)21)6-3-10-1-4-18-5-2-10/h1-2,4-5,7-9H,3,6H2. The summed E-state index contributed by atoms with van der Waals surface area (Å²) in [7, 11) is 0. The molecule has 0 aliphatic carbocycles. The molecule has 0 aliphatic heterocycles. The number of hydrogen-bond acceptors (Lipinski definition) is 3. The summed E-state index contributed by atoms with van der Waals surface area (Å²) >= 11 is 3.19. The third-order valence-electron chi connectivity index (χ3n) is 3.24. The summed E-state index contributed by atoms with van der Waals surface area (Å²) in [6, 6.07) is 6.69. The molecule has 3 rings (SSSR count). The number of benzene rings is 1. The SMILES string of the molecule is O=c1c2cc(Br)cc(F)c2ncn1CCc1ccncc1. The highest BCUT2D eigenvalue weighted by molar-refractivity contribution is 9.10. The molecular weight excluding hydrogens is 337 g/mol. The molecule has 0 spiro atoms. The fourth-order valence-corrected chi connectivity index (χ4v) is 2.58. The highest BCUT2D eigenvalue weighted by atomic mass is 79.9. The molecular formula is C15H11BrFN3O. The molecule has 1 aromatic carbocycles. The molecule has 0 atom stereocenters. The molecule has 6 heteroatoms. The van der Waals surface area contributed by atoms with Gasteiger partial charge >= 0.3 is 0 Å². The van der Waals surface area contributed by atoms with Crippen LogP contribution in [0.5, 0.6) is 0 Å². The predicted octanol–water partition coefficient (Wildman–Crippen LogP) is 2.94. The van der Waals surface area contributed by atoms with Crippen LogP contribution < -0.4 is 5.56 Å². The molecule has 0 amide bonds. The molecule has 0 unspecified atom stereocenters. The summed E-state index contributed by atoms with van der Waals surface area (Å²) in [5.74, 6) is -0.502. The molecule has 4 nitrogen and oxygen atoms in total. The number of pyridine rings is 1. The monoisotopic (exact) mass is 347 g/mol. The van der Waals surface area contributed by atoms with Crippen LogP contribution in [0.3, 0.4) is 0 Å². The van der Waals surface area contributed by atoms with Gasteiger partial charge in [-0.05, 0) is 36.2 Å². The third-order valence-corrected chi connectivity index (χ3v) is 3.69. The van der Waals surface area contributed by atoms with Gasteiger partial charge in [-0.3, -0.25) is 14.3 Å². The number of fused-ring (bicyclic) bond motifs is 1. The second-order valence-electron chi connectivity index (χ2n) is 4.63. The Hall–Kier alpha value is -2.08. The van der Waals surface area contributed by atoms with E-state index in [1.165, 1.54) is 17.0 Å². The normalized spacial score (nSPS) is 11.0. The minimum Gasteiger partial charge on any atom is -0.298 e. The van der Waals surface area contributed by atoms with E-state index in [1.807, 2.05) is 12.1 Å². The quantitative estimate of drug-likeness (QED) is 0.731. The van der Waals surface area contributed by atoms with Crippen molar-refractivity contribution in [3.8, 4) is 0 Å². The number of aryl methyl sites for hydroxylation is 2. The topological polar surface area (TPSA) is 47.8 Å². The molecule has 0 radical (unpaired) electrons. The summed E-state index contributed by atoms with van der Waals surface area (Å²) < 4.78 is 15.8. The lowest BCUT2D eigenvalue weighted by Crippen LogP contribution is -2.22. The van der Waals surface area contributed by atoms with Crippen LogP contribution in [0, 0.1) is 5.82 Å². The highest BCUT2D eigenvalue weighted by Crippen LogP contribution is 2.19. The fraction of sp³-hybridized carbons (Fsp3) is 0.133. The maximum absolute atomic E-state index is 13.8. The molecule has 0 N–H and O–H groups in total. The van der Waals surface area contributed by atoms with Gasteiger partial charge in [-0.25, -0.2) is 9.37 Å². The number of rotatable bonds is 3. The average Bonchev–Trinajstić information content (AvgIpc) is 2.48. The lowest BCUT2D eigenvalue weighted by Gasteiger charge is -2.07. The Morgan fingerprint density at radius 3 is 2.76 bits per heavy atom. The van der Waals surface area contributed by atoms with E-state index in [1.54, 1.807) is 18.5 Å². The van der Waals surface area contributed by atoms with Crippen LogP contribution in [0.25, 0.3) is 10.9 Å². The van der Waals surface area contributed by atoms with Gasteiger partial charge in [0.15, 0.2) is 5.82 Å². The fourth-order valence-electron chi connectivity index (χ4n) is 2.15. The van der Waals surface area contributed by atoms with Crippen molar-refractivity contribution in [2.75, 3.05) is 0 Å². The van der Waals surface area contributed by atoms with Crippen LogP contribution in [0.15, 0.2) is 52.3 Å². The first-order valence-corrected chi connectivity index (χ1v) is 7.17. The second kappa shape index (κ2) is 5.73. The Bertz CT molecular complexity index is 849. The van der Waals surface area contributed by atoms with E-state index in [-0.39, 0.29) is 16.5 Å². The van der Waals surface area contributed by atoms with Crippen LogP contribution in [0.4, 0.5) is 4.39 Å². The van der Waals surface area contributed by atoms with Gasteiger partial charge in [0.2, 0.25) is 0 Å². The Balaban J connectivity index is 1.97. The van der Waals surface area contributed by atoms with Crippen LogP contribution in [0.1, 0.15) is 5.56 Å². The van der Waals surface area contributed by atoms with Crippen molar-refractivity contribution < 1.29 is 4.39 Å². The van der Waals surface area contributed by atoms with E-state index >= 15 is 0 Å². The predicted molar refractivity (Wildman–Crippen MR) is 81.6 cm³/mol. The Kier molecular flexibility index (Phi) is 3.79. The first-order valence-electron chi connectivity index (χ1n) is 6.38. The van der Waals surface area contributed by atoms with E-state index in [2.05, 4.69) is 25.9 Å². The number of halogens is 2. The Morgan fingerprint density at radius 1 is 1.24 bits per heavy atom. The highest BCUT2D eigenvalue weighted by Gasteiger charge is 2.09. The van der Waals surface area contributed by atoms with Crippen molar-refractivity contribution in [2.24, 2.45) is 0 Å². The lowest BCUT2D eigenvalue weighted by molar-refractivity contribution is 0.628. The molecule has 3 aromatic rings. The van der Waals surface area contributed by atoms with Gasteiger partial charge < -0.3 is 0 Å². The van der Waals surface area contributed by atoms with Crippen molar-refractivity contribution in [3.05, 3.63) is 69.2 Å². The molecule has 0 fully saturated rings. The van der Waals surface area contributed by atoms with E-state index in [4.69, 9.17) is 0 Å². The van der Waals surface area contributed by atoms with Gasteiger partial charge in [0.05, 0.1) is 11.7 Å². The van der Waals surface area contributed by atoms with E-state index in [9.17, 15) is 9.18 Å². The molecule has 2 heterocycles. The minimum absolute atomic E-state index is 0.100. The zero-order valence-corrected chi connectivity index (χ0v) is 12.5. The van der Waals surface area contributed by atoms with E-state index in [0.29, 0.717) is 17.4 Å². The van der Waals surface area contributed by atoms with Crippen LogP contribution in [0.2, 0.25) is 0 Å². The smallest absolute Gasteiger partial charge is 0.261 e. The Morgan fingerprint density at radius 2 is 2.00 bits per heavy atom. The van der Waals surface area contributed by atoms with Gasteiger partial charge in [0, 0.05) is 23.4 Å². The van der Waals surface area contributed by atoms with E-state index < -0.39 is 5.82 Å². The summed E-state index contributed by atoms with van der Waals surface area (Å²) in [5, 5.41) is 0.277. The molecule has 21 heavy (non-hydrogen) atoms. The van der Waals surface area contributed by atoms with Gasteiger partial charge in [-0.1, -0.05) is 15.9 Å². The van der Waals surface area contributed by atoms with Crippen LogP contribution in [-0.4, -0.2) is 14.5 Å². The maximum Gasteiger partial charge on any atom is 0.261 e. The van der Waals surface area contributed by atoms with Crippen molar-refractivity contribution in [1.82, 2.24) is 14.5 Å². The van der Waals surface area contributed by atoms with Crippen LogP contribution >= 0.6 is 15.9 Å². The summed E-state index contributed by atoms with van der Waals surface area (Å²) in [6.45, 7) is 0.486. The molecule has 0 bridgehead atoms. The van der Waals surface area contributed by atoms with Gasteiger partial charge in [0.1, 0.15) is 5.52 Å². The summed E-state index contributed by atoms with van der Waals surface area (Å²) in [5.41, 5.74) is 0.940. The third kappa shape index (κ3) is 2.85. The van der Waals surface area contributed by atoms with Gasteiger partial charge in [-0.15, -0.1) is 0 Å². The number of aromatic nitrogens is 3. The molecule has 106 valence electrons. The molecule has 2 aromatic heterocycles. The zero-order valence-electron chi connectivity index (χ0n) is 11.0. The maximum atomic E-state index is 13.8. The Labute approximate surface area is 128 Å². The van der Waals surface area contributed by atoms with Crippen molar-refractivity contribution in [2.45, 2.75) is 13.0 Å². The summed E-state index contributed by atoms with van der Waals surface area (Å²) in [6.07, 6.45) is 5.50. The first kappa shape index (κ1) is 13.9. The average molecular weight is 348 g/mol. The second-order valence-corrected chi connectivity index (χ2v) is 5.55. The van der Waals surface area contributed by atoms with Crippen molar-refractivity contribution in [1.29, 1.82) is 0 Å². The number of nitrogens with zero attached hydrogens (tertiary/aromatic N) is 3. The molecule has 0 aliphatic rings. The number of hydrogen-bond donors (Lipinski definition) is 0. The minimum atomic E-state index is -0.502. The van der Waals surface area contributed by atoms with E-state index in [0.717, 1.165) is 5.56 Å². The molecule has 0 saturated heterocycles. The van der Waals surface area contributed by atoms with Crippen molar-refractivity contribution in [3.63, 3.8) is 0 Å². The zero-order chi connectivity index (χ0) is 14.8.